The molecule has 24 heavy (non-hydrogen) atoms. The molecule has 2 rings (SSSR count). The molecule has 0 saturated carbocycles. The van der Waals surface area contributed by atoms with E-state index in [0.717, 1.165) is 0 Å². The Bertz CT molecular complexity index is 685. The van der Waals surface area contributed by atoms with Crippen LogP contribution in [0.15, 0.2) is 60.7 Å². The van der Waals surface area contributed by atoms with Gasteiger partial charge in [0.2, 0.25) is 5.60 Å². The second kappa shape index (κ2) is 7.72. The molecule has 3 N–H and O–H groups in total. The number of rotatable bonds is 8. The number of carbonyl (C=O) groups is 2. The number of carboxylic acids is 2. The molecule has 0 spiro atoms. The Balaban J connectivity index is 2.34. The highest BCUT2D eigenvalue weighted by Crippen LogP contribution is 2.25. The number of benzene rings is 2. The predicted molar refractivity (Wildman–Crippen MR) is 85.4 cm³/mol. The first kappa shape index (κ1) is 17.7. The minimum atomic E-state index is -2.29. The zero-order valence-corrected chi connectivity index (χ0v) is 12.8. The third kappa shape index (κ3) is 3.98. The van der Waals surface area contributed by atoms with Crippen molar-refractivity contribution in [3.63, 3.8) is 0 Å². The lowest BCUT2D eigenvalue weighted by Gasteiger charge is -2.32. The van der Waals surface area contributed by atoms with Crippen molar-refractivity contribution < 1.29 is 29.6 Å². The van der Waals surface area contributed by atoms with Crippen molar-refractivity contribution in [2.45, 2.75) is 24.7 Å². The first-order valence-corrected chi connectivity index (χ1v) is 7.32. The van der Waals surface area contributed by atoms with Crippen molar-refractivity contribution in [2.75, 3.05) is 0 Å². The molecule has 0 heterocycles. The minimum absolute atomic E-state index is 0.135. The van der Waals surface area contributed by atoms with Gasteiger partial charge in [0.05, 0.1) is 6.61 Å². The molecule has 0 aromatic heterocycles. The van der Waals surface area contributed by atoms with Crippen LogP contribution in [0.1, 0.15) is 11.1 Å². The van der Waals surface area contributed by atoms with Crippen LogP contribution in [0.3, 0.4) is 0 Å². The van der Waals surface area contributed by atoms with E-state index in [9.17, 15) is 19.8 Å². The van der Waals surface area contributed by atoms with E-state index >= 15 is 0 Å². The van der Waals surface area contributed by atoms with Gasteiger partial charge in [0.15, 0.2) is 6.10 Å². The topological polar surface area (TPSA) is 104 Å². The van der Waals surface area contributed by atoms with E-state index in [2.05, 4.69) is 0 Å². The fourth-order valence-corrected chi connectivity index (χ4v) is 2.37. The lowest BCUT2D eigenvalue weighted by molar-refractivity contribution is -0.195. The van der Waals surface area contributed by atoms with Crippen LogP contribution in [-0.4, -0.2) is 39.0 Å². The molecule has 0 amide bonds. The number of carboxylic acid groups (broad SMARTS) is 2. The van der Waals surface area contributed by atoms with Gasteiger partial charge in [-0.15, -0.1) is 0 Å². The predicted octanol–water partition coefficient (Wildman–Crippen LogP) is 1.71. The third-order valence-corrected chi connectivity index (χ3v) is 3.69. The average molecular weight is 330 g/mol. The molecule has 2 aromatic rings. The van der Waals surface area contributed by atoms with E-state index in [1.807, 2.05) is 0 Å². The normalized spacial score (nSPS) is 14.5. The van der Waals surface area contributed by atoms with Gasteiger partial charge >= 0.3 is 11.9 Å². The van der Waals surface area contributed by atoms with Gasteiger partial charge in [0.1, 0.15) is 0 Å². The van der Waals surface area contributed by atoms with Crippen LogP contribution in [0, 0.1) is 0 Å². The van der Waals surface area contributed by atoms with Gasteiger partial charge in [-0.1, -0.05) is 60.7 Å². The molecule has 0 aliphatic rings. The van der Waals surface area contributed by atoms with Crippen molar-refractivity contribution >= 4 is 11.9 Å². The average Bonchev–Trinajstić information content (AvgIpc) is 2.59. The monoisotopic (exact) mass is 330 g/mol. The highest BCUT2D eigenvalue weighted by Gasteiger charge is 2.50. The van der Waals surface area contributed by atoms with Gasteiger partial charge < -0.3 is 20.1 Å². The van der Waals surface area contributed by atoms with Gasteiger partial charge in [0, 0.05) is 6.42 Å². The summed E-state index contributed by atoms with van der Waals surface area (Å²) in [6, 6.07) is 17.2. The van der Waals surface area contributed by atoms with E-state index in [1.54, 1.807) is 60.7 Å². The molecule has 0 radical (unpaired) electrons. The van der Waals surface area contributed by atoms with Crippen LogP contribution in [0.5, 0.6) is 0 Å². The highest BCUT2D eigenvalue weighted by atomic mass is 16.5. The van der Waals surface area contributed by atoms with Crippen molar-refractivity contribution in [3.8, 4) is 0 Å². The number of aliphatic carboxylic acids is 2. The van der Waals surface area contributed by atoms with E-state index in [1.165, 1.54) is 0 Å². The highest BCUT2D eigenvalue weighted by molar-refractivity contribution is 5.87. The van der Waals surface area contributed by atoms with Gasteiger partial charge in [0.25, 0.3) is 0 Å². The quantitative estimate of drug-likeness (QED) is 0.681. The molecule has 0 saturated heterocycles. The van der Waals surface area contributed by atoms with E-state index in [0.29, 0.717) is 11.1 Å². The van der Waals surface area contributed by atoms with Gasteiger partial charge in [-0.2, -0.15) is 0 Å². The summed E-state index contributed by atoms with van der Waals surface area (Å²) in [6.45, 7) is -0.135. The second-order valence-electron chi connectivity index (χ2n) is 5.37. The summed E-state index contributed by atoms with van der Waals surface area (Å²) < 4.78 is 5.47. The number of hydrogen-bond acceptors (Lipinski definition) is 4. The Hall–Kier alpha value is -2.70. The largest absolute Gasteiger partial charge is 0.479 e. The molecule has 6 nitrogen and oxygen atoms in total. The number of hydrogen-bond donors (Lipinski definition) is 3. The molecule has 0 unspecified atom stereocenters. The Morgan fingerprint density at radius 3 is 1.88 bits per heavy atom. The number of ether oxygens (including phenoxy) is 1. The Morgan fingerprint density at radius 2 is 1.42 bits per heavy atom. The summed E-state index contributed by atoms with van der Waals surface area (Å²) in [5, 5.41) is 28.8. The van der Waals surface area contributed by atoms with Gasteiger partial charge in [-0.25, -0.2) is 9.59 Å². The second-order valence-corrected chi connectivity index (χ2v) is 5.37. The van der Waals surface area contributed by atoms with Crippen LogP contribution >= 0.6 is 0 Å². The lowest BCUT2D eigenvalue weighted by Crippen LogP contribution is -2.56. The fourth-order valence-electron chi connectivity index (χ4n) is 2.37. The Morgan fingerprint density at radius 1 is 0.917 bits per heavy atom. The van der Waals surface area contributed by atoms with Crippen molar-refractivity contribution in [1.29, 1.82) is 0 Å². The summed E-state index contributed by atoms with van der Waals surface area (Å²) >= 11 is 0. The molecular weight excluding hydrogens is 312 g/mol. The number of aliphatic hydroxyl groups excluding tert-OH is 1. The summed E-state index contributed by atoms with van der Waals surface area (Å²) in [5.41, 5.74) is -1.06. The Kier molecular flexibility index (Phi) is 5.68. The van der Waals surface area contributed by atoms with Crippen LogP contribution in [-0.2, 0) is 27.4 Å². The molecule has 2 aromatic carbocycles. The number of aliphatic hydroxyl groups is 1. The molecule has 0 aliphatic heterocycles. The van der Waals surface area contributed by atoms with Crippen molar-refractivity contribution in [2.24, 2.45) is 0 Å². The zero-order valence-electron chi connectivity index (χ0n) is 12.8. The molecule has 2 atom stereocenters. The smallest absolute Gasteiger partial charge is 0.339 e. The molecule has 6 heteroatoms. The molecular formula is C18H18O6. The van der Waals surface area contributed by atoms with Crippen LogP contribution in [0.4, 0.5) is 0 Å². The van der Waals surface area contributed by atoms with Crippen LogP contribution in [0.2, 0.25) is 0 Å². The first-order chi connectivity index (χ1) is 11.5. The summed E-state index contributed by atoms with van der Waals surface area (Å²) in [4.78, 5) is 23.1. The Labute approximate surface area is 138 Å². The molecule has 0 fully saturated rings. The van der Waals surface area contributed by atoms with E-state index < -0.39 is 23.6 Å². The van der Waals surface area contributed by atoms with E-state index in [4.69, 9.17) is 9.84 Å². The van der Waals surface area contributed by atoms with Crippen LogP contribution in [0.25, 0.3) is 0 Å². The van der Waals surface area contributed by atoms with Crippen molar-refractivity contribution in [1.82, 2.24) is 0 Å². The summed E-state index contributed by atoms with van der Waals surface area (Å²) in [5.74, 6) is -3.18. The molecule has 0 bridgehead atoms. The van der Waals surface area contributed by atoms with Crippen molar-refractivity contribution in [3.05, 3.63) is 71.8 Å². The maximum atomic E-state index is 11.8. The summed E-state index contributed by atoms with van der Waals surface area (Å²) in [6.07, 6.45) is -2.48. The standard InChI is InChI=1S/C18H18O6/c19-15(16(20)21)18(17(22)23,11-13-7-3-1-4-8-13)24-12-14-9-5-2-6-10-14/h1-10,15,19H,11-12H2,(H,20,21)(H,22,23)/t15-,18+/m1/s1. The van der Waals surface area contributed by atoms with Gasteiger partial charge in [-0.3, -0.25) is 0 Å². The van der Waals surface area contributed by atoms with Crippen LogP contribution < -0.4 is 0 Å². The first-order valence-electron chi connectivity index (χ1n) is 7.32. The van der Waals surface area contributed by atoms with E-state index in [-0.39, 0.29) is 13.0 Å². The maximum absolute atomic E-state index is 11.8. The fraction of sp³-hybridized carbons (Fsp3) is 0.222. The summed E-state index contributed by atoms with van der Waals surface area (Å²) in [7, 11) is 0. The minimum Gasteiger partial charge on any atom is -0.479 e. The SMILES string of the molecule is O=C(O)[C@@H](O)[C@](Cc1ccccc1)(OCc1ccccc1)C(=O)O. The zero-order chi connectivity index (χ0) is 17.6. The maximum Gasteiger partial charge on any atom is 0.339 e. The third-order valence-electron chi connectivity index (χ3n) is 3.69. The van der Waals surface area contributed by atoms with Gasteiger partial charge in [-0.05, 0) is 11.1 Å². The lowest BCUT2D eigenvalue weighted by atomic mass is 9.88. The molecule has 0 aliphatic carbocycles. The molecule has 126 valence electrons.